The third-order valence-corrected chi connectivity index (χ3v) is 5.45. The van der Waals surface area contributed by atoms with Gasteiger partial charge in [0, 0.05) is 42.1 Å². The fourth-order valence-corrected chi connectivity index (χ4v) is 3.42. The van der Waals surface area contributed by atoms with E-state index in [9.17, 15) is 9.59 Å². The van der Waals surface area contributed by atoms with Gasteiger partial charge in [-0.2, -0.15) is 0 Å². The zero-order chi connectivity index (χ0) is 20.1. The fourth-order valence-electron chi connectivity index (χ4n) is 3.31. The van der Waals surface area contributed by atoms with Crippen LogP contribution < -0.4 is 10.1 Å². The number of piperidine rings is 1. The van der Waals surface area contributed by atoms with Crippen LogP contribution in [0.5, 0.6) is 5.75 Å². The Labute approximate surface area is 169 Å². The first-order valence-corrected chi connectivity index (χ1v) is 9.70. The number of benzene rings is 1. The first kappa shape index (κ1) is 20.1. The predicted octanol–water partition coefficient (Wildman–Crippen LogP) is 3.15. The van der Waals surface area contributed by atoms with Crippen LogP contribution in [0.4, 0.5) is 0 Å². The minimum atomic E-state index is -0.163. The highest BCUT2D eigenvalue weighted by atomic mass is 35.5. The van der Waals surface area contributed by atoms with Crippen molar-refractivity contribution in [3.05, 3.63) is 58.4 Å². The van der Waals surface area contributed by atoms with Crippen molar-refractivity contribution >= 4 is 23.4 Å². The molecule has 3 rings (SSSR count). The van der Waals surface area contributed by atoms with Gasteiger partial charge in [-0.15, -0.1) is 0 Å². The van der Waals surface area contributed by atoms with Crippen molar-refractivity contribution in [2.45, 2.75) is 32.7 Å². The molecule has 0 atom stereocenters. The fraction of sp³-hybridized carbons (Fsp3) is 0.381. The summed E-state index contributed by atoms with van der Waals surface area (Å²) in [4.78, 5) is 30.4. The van der Waals surface area contributed by atoms with Crippen molar-refractivity contribution in [2.24, 2.45) is 0 Å². The highest BCUT2D eigenvalue weighted by Crippen LogP contribution is 2.25. The van der Waals surface area contributed by atoms with Crippen molar-refractivity contribution < 1.29 is 14.3 Å². The van der Waals surface area contributed by atoms with E-state index in [4.69, 9.17) is 16.3 Å². The van der Waals surface area contributed by atoms with Crippen LogP contribution in [0.2, 0.25) is 5.02 Å². The quantitative estimate of drug-likeness (QED) is 0.835. The topological polar surface area (TPSA) is 71.5 Å². The molecule has 1 aliphatic heterocycles. The first-order valence-electron chi connectivity index (χ1n) is 9.32. The molecule has 1 aromatic carbocycles. The number of amides is 2. The Bertz CT molecular complexity index is 826. The van der Waals surface area contributed by atoms with Gasteiger partial charge in [0.25, 0.3) is 11.8 Å². The van der Waals surface area contributed by atoms with Crippen molar-refractivity contribution in [3.63, 3.8) is 0 Å². The molecule has 6 nitrogen and oxygen atoms in total. The van der Waals surface area contributed by atoms with Crippen molar-refractivity contribution in [2.75, 3.05) is 19.7 Å². The van der Waals surface area contributed by atoms with Crippen LogP contribution in [-0.2, 0) is 4.79 Å². The molecule has 1 fully saturated rings. The van der Waals surface area contributed by atoms with E-state index < -0.39 is 0 Å². The number of halogens is 1. The van der Waals surface area contributed by atoms with Gasteiger partial charge in [0.15, 0.2) is 6.61 Å². The number of hydrogen-bond acceptors (Lipinski definition) is 4. The summed E-state index contributed by atoms with van der Waals surface area (Å²) in [7, 11) is 0. The smallest absolute Gasteiger partial charge is 0.258 e. The predicted molar refractivity (Wildman–Crippen MR) is 108 cm³/mol. The van der Waals surface area contributed by atoms with Gasteiger partial charge in [0.05, 0.1) is 0 Å². The molecule has 2 amide bonds. The summed E-state index contributed by atoms with van der Waals surface area (Å²) in [5.74, 6) is 0.473. The van der Waals surface area contributed by atoms with Gasteiger partial charge in [-0.25, -0.2) is 0 Å². The molecule has 2 aromatic rings. The molecule has 2 heterocycles. The van der Waals surface area contributed by atoms with E-state index in [1.54, 1.807) is 24.5 Å². The average molecular weight is 402 g/mol. The van der Waals surface area contributed by atoms with Crippen LogP contribution in [0.15, 0.2) is 36.7 Å². The third kappa shape index (κ3) is 5.01. The molecule has 0 aliphatic carbocycles. The third-order valence-electron chi connectivity index (χ3n) is 4.85. The highest BCUT2D eigenvalue weighted by Gasteiger charge is 2.24. The van der Waals surface area contributed by atoms with Gasteiger partial charge in [-0.05, 0) is 62.1 Å². The van der Waals surface area contributed by atoms with Crippen molar-refractivity contribution in [3.8, 4) is 5.75 Å². The van der Waals surface area contributed by atoms with Crippen LogP contribution in [0.25, 0.3) is 0 Å². The average Bonchev–Trinajstić information content (AvgIpc) is 2.71. The molecule has 0 spiro atoms. The van der Waals surface area contributed by atoms with Crippen molar-refractivity contribution in [1.29, 1.82) is 0 Å². The van der Waals surface area contributed by atoms with E-state index in [-0.39, 0.29) is 24.5 Å². The second-order valence-electron chi connectivity index (χ2n) is 7.03. The Balaban J connectivity index is 1.44. The molecule has 28 heavy (non-hydrogen) atoms. The number of hydrogen-bond donors (Lipinski definition) is 1. The number of nitrogens with one attached hydrogen (secondary N) is 1. The number of likely N-dealkylation sites (tertiary alicyclic amines) is 1. The van der Waals surface area contributed by atoms with E-state index in [2.05, 4.69) is 10.3 Å². The summed E-state index contributed by atoms with van der Waals surface area (Å²) >= 11 is 6.15. The lowest BCUT2D eigenvalue weighted by Gasteiger charge is -2.32. The van der Waals surface area contributed by atoms with Gasteiger partial charge < -0.3 is 15.0 Å². The second-order valence-corrected chi connectivity index (χ2v) is 7.41. The number of pyridine rings is 1. The van der Waals surface area contributed by atoms with Crippen LogP contribution in [0.3, 0.4) is 0 Å². The molecular weight excluding hydrogens is 378 g/mol. The lowest BCUT2D eigenvalue weighted by Crippen LogP contribution is -2.47. The summed E-state index contributed by atoms with van der Waals surface area (Å²) in [6.45, 7) is 4.99. The standard InChI is InChI=1S/C21H24ClN3O3/c1-14-11-18(12-15(2)20(14)22)28-13-19(26)24-17-5-9-25(10-6-17)21(27)16-3-7-23-8-4-16/h3-4,7-8,11-12,17H,5-6,9-10,13H2,1-2H3,(H,24,26). The number of ether oxygens (including phenoxy) is 1. The Morgan fingerprint density at radius 3 is 2.39 bits per heavy atom. The Morgan fingerprint density at radius 2 is 1.79 bits per heavy atom. The molecule has 148 valence electrons. The molecule has 0 bridgehead atoms. The summed E-state index contributed by atoms with van der Waals surface area (Å²) in [6, 6.07) is 7.13. The van der Waals surface area contributed by atoms with Crippen LogP contribution in [0, 0.1) is 13.8 Å². The SMILES string of the molecule is Cc1cc(OCC(=O)NC2CCN(C(=O)c3ccncc3)CC2)cc(C)c1Cl. The van der Waals surface area contributed by atoms with Crippen molar-refractivity contribution in [1.82, 2.24) is 15.2 Å². The Hall–Kier alpha value is -2.60. The number of carbonyl (C=O) groups excluding carboxylic acids is 2. The lowest BCUT2D eigenvalue weighted by molar-refractivity contribution is -0.124. The summed E-state index contributed by atoms with van der Waals surface area (Å²) < 4.78 is 5.60. The van der Waals surface area contributed by atoms with Crippen LogP contribution >= 0.6 is 11.6 Å². The van der Waals surface area contributed by atoms with Gasteiger partial charge >= 0.3 is 0 Å². The maximum absolute atomic E-state index is 12.4. The molecule has 7 heteroatoms. The van der Waals surface area contributed by atoms with Gasteiger partial charge in [-0.3, -0.25) is 14.6 Å². The number of aryl methyl sites for hydroxylation is 2. The van der Waals surface area contributed by atoms with Gasteiger partial charge in [0.2, 0.25) is 0 Å². The largest absolute Gasteiger partial charge is 0.484 e. The highest BCUT2D eigenvalue weighted by molar-refractivity contribution is 6.32. The normalized spacial score (nSPS) is 14.6. The first-order chi connectivity index (χ1) is 13.4. The zero-order valence-corrected chi connectivity index (χ0v) is 16.8. The van der Waals surface area contributed by atoms with E-state index >= 15 is 0 Å². The Morgan fingerprint density at radius 1 is 1.18 bits per heavy atom. The summed E-state index contributed by atoms with van der Waals surface area (Å²) in [5.41, 5.74) is 2.48. The van der Waals surface area contributed by atoms with E-state index in [1.807, 2.05) is 30.9 Å². The number of nitrogens with zero attached hydrogens (tertiary/aromatic N) is 2. The van der Waals surface area contributed by atoms with E-state index in [0.717, 1.165) is 24.0 Å². The maximum Gasteiger partial charge on any atom is 0.258 e. The number of carbonyl (C=O) groups is 2. The van der Waals surface area contributed by atoms with Crippen LogP contribution in [0.1, 0.15) is 34.3 Å². The molecule has 1 aliphatic rings. The Kier molecular flexibility index (Phi) is 6.52. The summed E-state index contributed by atoms with van der Waals surface area (Å²) in [5, 5.41) is 3.70. The minimum absolute atomic E-state index is 0.00369. The molecular formula is C21H24ClN3O3. The molecule has 0 radical (unpaired) electrons. The van der Waals surface area contributed by atoms with E-state index in [0.29, 0.717) is 29.4 Å². The molecule has 0 saturated carbocycles. The van der Waals surface area contributed by atoms with Gasteiger partial charge in [-0.1, -0.05) is 11.6 Å². The monoisotopic (exact) mass is 401 g/mol. The molecule has 1 aromatic heterocycles. The maximum atomic E-state index is 12.4. The molecule has 0 unspecified atom stereocenters. The molecule has 1 N–H and O–H groups in total. The van der Waals surface area contributed by atoms with Crippen LogP contribution in [-0.4, -0.2) is 47.4 Å². The summed E-state index contributed by atoms with van der Waals surface area (Å²) in [6.07, 6.45) is 4.68. The molecule has 1 saturated heterocycles. The van der Waals surface area contributed by atoms with E-state index in [1.165, 1.54) is 0 Å². The second kappa shape index (κ2) is 9.06. The number of aromatic nitrogens is 1. The zero-order valence-electron chi connectivity index (χ0n) is 16.1. The minimum Gasteiger partial charge on any atom is -0.484 e. The van der Waals surface area contributed by atoms with Gasteiger partial charge in [0.1, 0.15) is 5.75 Å². The number of rotatable bonds is 5. The lowest BCUT2D eigenvalue weighted by atomic mass is 10.0.